The van der Waals surface area contributed by atoms with Crippen molar-refractivity contribution in [2.45, 2.75) is 45.8 Å². The fourth-order valence-corrected chi connectivity index (χ4v) is 6.40. The number of hydrogen-bond donors (Lipinski definition) is 0. The van der Waals surface area contributed by atoms with E-state index in [0.717, 1.165) is 23.9 Å². The molecule has 1 saturated carbocycles. The fourth-order valence-electron chi connectivity index (χ4n) is 6.14. The van der Waals surface area contributed by atoms with E-state index in [4.69, 9.17) is 0 Å². The monoisotopic (exact) mass is 516 g/mol. The van der Waals surface area contributed by atoms with Crippen LogP contribution in [0.2, 0.25) is 0 Å². The van der Waals surface area contributed by atoms with Crippen LogP contribution in [0.4, 0.5) is 11.4 Å². The van der Waals surface area contributed by atoms with Crippen molar-refractivity contribution in [1.82, 2.24) is 0 Å². The van der Waals surface area contributed by atoms with Gasteiger partial charge in [0.1, 0.15) is 12.5 Å². The second-order valence-corrected chi connectivity index (χ2v) is 11.7. The number of carbonyl (C=O) groups excluding carboxylic acids is 1. The van der Waals surface area contributed by atoms with Crippen LogP contribution in [0.25, 0.3) is 0 Å². The normalized spacial score (nSPS) is 26.1. The van der Waals surface area contributed by atoms with E-state index in [0.29, 0.717) is 0 Å². The Bertz CT molecular complexity index is 1130. The van der Waals surface area contributed by atoms with E-state index in [1.54, 1.807) is 0 Å². The highest BCUT2D eigenvalue weighted by molar-refractivity contribution is 9.10. The lowest BCUT2D eigenvalue weighted by molar-refractivity contribution is -0.115. The zero-order valence-electron chi connectivity index (χ0n) is 20.2. The van der Waals surface area contributed by atoms with Crippen molar-refractivity contribution in [1.29, 1.82) is 0 Å². The Kier molecular flexibility index (Phi) is 6.28. The number of rotatable bonds is 4. The number of halogens is 1. The molecule has 5 rings (SSSR count). The Morgan fingerprint density at radius 3 is 2.21 bits per heavy atom. The van der Waals surface area contributed by atoms with Gasteiger partial charge in [-0.25, -0.2) is 0 Å². The number of para-hydroxylation sites is 1. The van der Waals surface area contributed by atoms with Crippen LogP contribution in [0.5, 0.6) is 0 Å². The SMILES string of the molecule is Cc1ccc(N2CC3C(C=O)CC(C)(C)CC3N(c3ccccc3)C2c2ccc(Br)cc2)cc1. The average Bonchev–Trinajstić information content (AvgIpc) is 2.83. The minimum atomic E-state index is 0.0423. The van der Waals surface area contributed by atoms with Crippen molar-refractivity contribution >= 4 is 33.6 Å². The van der Waals surface area contributed by atoms with Gasteiger partial charge < -0.3 is 14.6 Å². The van der Waals surface area contributed by atoms with Crippen LogP contribution in [0.15, 0.2) is 83.3 Å². The van der Waals surface area contributed by atoms with Crippen molar-refractivity contribution < 1.29 is 4.79 Å². The Balaban J connectivity index is 1.71. The molecule has 2 fully saturated rings. The van der Waals surface area contributed by atoms with E-state index in [1.165, 1.54) is 28.8 Å². The molecule has 3 aromatic carbocycles. The molecule has 0 spiro atoms. The van der Waals surface area contributed by atoms with E-state index in [-0.39, 0.29) is 29.5 Å². The van der Waals surface area contributed by atoms with Crippen molar-refractivity contribution in [2.75, 3.05) is 16.3 Å². The number of anilines is 2. The number of aryl methyl sites for hydroxylation is 1. The summed E-state index contributed by atoms with van der Waals surface area (Å²) in [6.45, 7) is 7.65. The van der Waals surface area contributed by atoms with Gasteiger partial charge in [-0.2, -0.15) is 0 Å². The molecule has 0 radical (unpaired) electrons. The van der Waals surface area contributed by atoms with E-state index in [2.05, 4.69) is 125 Å². The molecule has 0 bridgehead atoms. The number of benzene rings is 3. The smallest absolute Gasteiger partial charge is 0.128 e. The van der Waals surface area contributed by atoms with Gasteiger partial charge >= 0.3 is 0 Å². The Morgan fingerprint density at radius 2 is 1.56 bits per heavy atom. The lowest BCUT2D eigenvalue weighted by Crippen LogP contribution is -2.62. The fraction of sp³-hybridized carbons (Fsp3) is 0.367. The average molecular weight is 518 g/mol. The van der Waals surface area contributed by atoms with E-state index < -0.39 is 0 Å². The Labute approximate surface area is 211 Å². The second-order valence-electron chi connectivity index (χ2n) is 10.8. The summed E-state index contributed by atoms with van der Waals surface area (Å²) >= 11 is 3.62. The molecule has 1 aliphatic heterocycles. The van der Waals surface area contributed by atoms with Crippen molar-refractivity contribution in [3.05, 3.63) is 94.5 Å². The van der Waals surface area contributed by atoms with E-state index >= 15 is 0 Å². The van der Waals surface area contributed by atoms with Crippen LogP contribution in [-0.4, -0.2) is 18.9 Å². The molecule has 2 aliphatic rings. The number of hydrogen-bond acceptors (Lipinski definition) is 3. The topological polar surface area (TPSA) is 23.6 Å². The standard InChI is InChI=1S/C30H33BrN2O/c1-21-9-15-25(16-10-21)32-19-27-23(20-34)17-30(2,3)18-28(27)33(26-7-5-4-6-8-26)29(32)22-11-13-24(31)14-12-22/h4-16,20,23,27-29H,17-19H2,1-3H3. The predicted molar refractivity (Wildman–Crippen MR) is 144 cm³/mol. The van der Waals surface area contributed by atoms with Crippen LogP contribution in [0.3, 0.4) is 0 Å². The van der Waals surface area contributed by atoms with Gasteiger partial charge in [-0.05, 0) is 67.1 Å². The largest absolute Gasteiger partial charge is 0.347 e. The first-order valence-electron chi connectivity index (χ1n) is 12.2. The number of carbonyl (C=O) groups is 1. The third-order valence-corrected chi connectivity index (χ3v) is 8.21. The number of fused-ring (bicyclic) bond motifs is 1. The summed E-state index contributed by atoms with van der Waals surface area (Å²) < 4.78 is 1.08. The molecule has 3 aromatic rings. The van der Waals surface area contributed by atoms with Gasteiger partial charge in [-0.1, -0.05) is 77.8 Å². The van der Waals surface area contributed by atoms with Gasteiger partial charge in [-0.3, -0.25) is 0 Å². The highest BCUT2D eigenvalue weighted by Crippen LogP contribution is 2.51. The molecule has 0 aromatic heterocycles. The van der Waals surface area contributed by atoms with E-state index in [9.17, 15) is 4.79 Å². The lowest BCUT2D eigenvalue weighted by atomic mass is 9.63. The van der Waals surface area contributed by atoms with Gasteiger partial charge in [0.2, 0.25) is 0 Å². The zero-order valence-corrected chi connectivity index (χ0v) is 21.8. The molecule has 1 aliphatic carbocycles. The summed E-state index contributed by atoms with van der Waals surface area (Å²) in [7, 11) is 0. The molecule has 1 saturated heterocycles. The van der Waals surface area contributed by atoms with Crippen LogP contribution in [0, 0.1) is 24.2 Å². The van der Waals surface area contributed by atoms with Crippen LogP contribution >= 0.6 is 15.9 Å². The summed E-state index contributed by atoms with van der Waals surface area (Å²) in [5.74, 6) is 0.331. The lowest BCUT2D eigenvalue weighted by Gasteiger charge is -2.59. The van der Waals surface area contributed by atoms with Crippen molar-refractivity contribution in [3.63, 3.8) is 0 Å². The third-order valence-electron chi connectivity index (χ3n) is 7.68. The molecule has 1 heterocycles. The summed E-state index contributed by atoms with van der Waals surface area (Å²) in [6.07, 6.45) is 3.30. The van der Waals surface area contributed by atoms with Gasteiger partial charge in [0.15, 0.2) is 0 Å². The molecule has 3 nitrogen and oxygen atoms in total. The summed E-state index contributed by atoms with van der Waals surface area (Å²) in [5.41, 5.74) is 5.05. The molecule has 4 unspecified atom stereocenters. The second kappa shape index (κ2) is 9.22. The first-order chi connectivity index (χ1) is 16.4. The Morgan fingerprint density at radius 1 is 0.882 bits per heavy atom. The molecular weight excluding hydrogens is 484 g/mol. The maximum atomic E-state index is 12.4. The molecular formula is C30H33BrN2O. The van der Waals surface area contributed by atoms with Gasteiger partial charge in [0, 0.05) is 40.3 Å². The van der Waals surface area contributed by atoms with Gasteiger partial charge in [-0.15, -0.1) is 0 Å². The highest BCUT2D eigenvalue weighted by Gasteiger charge is 2.50. The van der Waals surface area contributed by atoms with Crippen molar-refractivity contribution in [2.24, 2.45) is 17.3 Å². The summed E-state index contributed by atoms with van der Waals surface area (Å²) in [4.78, 5) is 17.5. The summed E-state index contributed by atoms with van der Waals surface area (Å²) in [5, 5.41) is 0. The molecule has 176 valence electrons. The van der Waals surface area contributed by atoms with E-state index in [1.807, 2.05) is 0 Å². The maximum Gasteiger partial charge on any atom is 0.128 e. The van der Waals surface area contributed by atoms with Gasteiger partial charge in [0.05, 0.1) is 0 Å². The number of nitrogens with zero attached hydrogens (tertiary/aromatic N) is 2. The molecule has 4 atom stereocenters. The zero-order chi connectivity index (χ0) is 23.9. The molecule has 4 heteroatoms. The quantitative estimate of drug-likeness (QED) is 0.337. The Hall–Kier alpha value is -2.59. The molecule has 0 N–H and O–H groups in total. The van der Waals surface area contributed by atoms with Crippen molar-refractivity contribution in [3.8, 4) is 0 Å². The predicted octanol–water partition coefficient (Wildman–Crippen LogP) is 7.40. The number of aldehydes is 1. The maximum absolute atomic E-state index is 12.4. The molecule has 0 amide bonds. The van der Waals surface area contributed by atoms with Crippen LogP contribution < -0.4 is 9.80 Å². The van der Waals surface area contributed by atoms with Crippen LogP contribution in [-0.2, 0) is 4.79 Å². The molecule has 34 heavy (non-hydrogen) atoms. The van der Waals surface area contributed by atoms with Crippen LogP contribution in [0.1, 0.15) is 44.0 Å². The minimum Gasteiger partial charge on any atom is -0.347 e. The minimum absolute atomic E-state index is 0.0423. The highest BCUT2D eigenvalue weighted by atomic mass is 79.9. The third kappa shape index (κ3) is 4.40. The summed E-state index contributed by atoms with van der Waals surface area (Å²) in [6, 6.07) is 28.6. The first kappa shape index (κ1) is 23.2. The first-order valence-corrected chi connectivity index (χ1v) is 13.0. The van der Waals surface area contributed by atoms with Gasteiger partial charge in [0.25, 0.3) is 0 Å².